The largest absolute Gasteiger partial charge is 0.453 e. The molecule has 1 atom stereocenters. The summed E-state index contributed by atoms with van der Waals surface area (Å²) in [4.78, 5) is 2.13. The van der Waals surface area contributed by atoms with Crippen LogP contribution in [0.15, 0.2) is 33.1 Å². The van der Waals surface area contributed by atoms with Gasteiger partial charge in [0, 0.05) is 20.1 Å². The molecule has 7 nitrogen and oxygen atoms in total. The molecule has 0 amide bonds. The molecule has 0 bridgehead atoms. The zero-order valence-electron chi connectivity index (χ0n) is 11.8. The van der Waals surface area contributed by atoms with E-state index in [-0.39, 0.29) is 0 Å². The molecule has 0 spiro atoms. The molecule has 114 valence electrons. The Labute approximate surface area is 126 Å². The van der Waals surface area contributed by atoms with Crippen LogP contribution in [0.3, 0.4) is 0 Å². The van der Waals surface area contributed by atoms with Crippen molar-refractivity contribution in [3.05, 3.63) is 24.2 Å². The zero-order chi connectivity index (χ0) is 14.7. The predicted octanol–water partition coefficient (Wildman–Crippen LogP) is 0.752. The maximum absolute atomic E-state index is 9.73. The molecule has 0 radical (unpaired) electrons. The SMILES string of the molecule is Cn1cnnc1Sc1ccc(CN2CCOCC(O)C2)o1. The first-order valence-electron chi connectivity index (χ1n) is 6.79. The molecular formula is C13H18N4O3S. The van der Waals surface area contributed by atoms with Gasteiger partial charge in [-0.15, -0.1) is 10.2 Å². The second-order valence-corrected chi connectivity index (χ2v) is 5.98. The van der Waals surface area contributed by atoms with Gasteiger partial charge in [-0.25, -0.2) is 0 Å². The molecule has 1 saturated heterocycles. The maximum Gasteiger partial charge on any atom is 0.198 e. The minimum absolute atomic E-state index is 0.405. The van der Waals surface area contributed by atoms with Crippen LogP contribution in [-0.2, 0) is 18.3 Å². The lowest BCUT2D eigenvalue weighted by Crippen LogP contribution is -2.32. The minimum atomic E-state index is -0.435. The van der Waals surface area contributed by atoms with Crippen LogP contribution in [-0.4, -0.2) is 57.2 Å². The van der Waals surface area contributed by atoms with Gasteiger partial charge in [0.25, 0.3) is 0 Å². The van der Waals surface area contributed by atoms with Crippen LogP contribution in [0.2, 0.25) is 0 Å². The Balaban J connectivity index is 1.61. The molecule has 8 heteroatoms. The molecule has 1 aliphatic heterocycles. The van der Waals surface area contributed by atoms with Crippen molar-refractivity contribution in [2.45, 2.75) is 22.9 Å². The van der Waals surface area contributed by atoms with Gasteiger partial charge >= 0.3 is 0 Å². The van der Waals surface area contributed by atoms with Crippen molar-refractivity contribution < 1.29 is 14.3 Å². The highest BCUT2D eigenvalue weighted by molar-refractivity contribution is 7.99. The molecule has 2 aromatic rings. The van der Waals surface area contributed by atoms with Crippen LogP contribution in [0.25, 0.3) is 0 Å². The van der Waals surface area contributed by atoms with Crippen molar-refractivity contribution in [1.29, 1.82) is 0 Å². The molecule has 1 fully saturated rings. The number of ether oxygens (including phenoxy) is 1. The highest BCUT2D eigenvalue weighted by Gasteiger charge is 2.18. The lowest BCUT2D eigenvalue weighted by atomic mass is 10.3. The van der Waals surface area contributed by atoms with Gasteiger partial charge in [0.15, 0.2) is 10.2 Å². The third-order valence-electron chi connectivity index (χ3n) is 3.21. The molecule has 21 heavy (non-hydrogen) atoms. The number of β-amino-alcohol motifs (C(OH)–C–C–N with tert-alkyl or cyclic N) is 1. The molecule has 0 aromatic carbocycles. The van der Waals surface area contributed by atoms with E-state index in [9.17, 15) is 5.11 Å². The van der Waals surface area contributed by atoms with Crippen LogP contribution in [0.5, 0.6) is 0 Å². The van der Waals surface area contributed by atoms with Crippen molar-refractivity contribution >= 4 is 11.8 Å². The summed E-state index contributed by atoms with van der Waals surface area (Å²) in [6, 6.07) is 3.89. The van der Waals surface area contributed by atoms with E-state index in [2.05, 4.69) is 15.1 Å². The van der Waals surface area contributed by atoms with Gasteiger partial charge in [-0.1, -0.05) is 0 Å². The van der Waals surface area contributed by atoms with E-state index in [1.807, 2.05) is 23.7 Å². The standard InChI is InChI=1S/C13H18N4O3S/c1-16-9-14-15-13(16)21-12-3-2-11(20-12)7-17-4-5-19-8-10(18)6-17/h2-3,9-10,18H,4-8H2,1H3. The van der Waals surface area contributed by atoms with Crippen LogP contribution in [0.1, 0.15) is 5.76 Å². The Hall–Kier alpha value is -1.35. The number of hydrogen-bond acceptors (Lipinski definition) is 7. The van der Waals surface area contributed by atoms with E-state index in [1.165, 1.54) is 11.8 Å². The summed E-state index contributed by atoms with van der Waals surface area (Å²) >= 11 is 1.44. The van der Waals surface area contributed by atoms with E-state index in [4.69, 9.17) is 9.15 Å². The van der Waals surface area contributed by atoms with Gasteiger partial charge in [-0.3, -0.25) is 4.90 Å². The van der Waals surface area contributed by atoms with E-state index >= 15 is 0 Å². The van der Waals surface area contributed by atoms with Gasteiger partial charge in [0.2, 0.25) is 0 Å². The first-order chi connectivity index (χ1) is 10.2. The summed E-state index contributed by atoms with van der Waals surface area (Å²) in [5, 5.41) is 19.1. The molecule has 1 N–H and O–H groups in total. The Morgan fingerprint density at radius 1 is 1.48 bits per heavy atom. The second kappa shape index (κ2) is 6.61. The second-order valence-electron chi connectivity index (χ2n) is 5.01. The van der Waals surface area contributed by atoms with Crippen LogP contribution < -0.4 is 0 Å². The lowest BCUT2D eigenvalue weighted by Gasteiger charge is -2.19. The number of aliphatic hydroxyl groups excluding tert-OH is 1. The average molecular weight is 310 g/mol. The van der Waals surface area contributed by atoms with Gasteiger partial charge in [-0.2, -0.15) is 0 Å². The Morgan fingerprint density at radius 3 is 3.19 bits per heavy atom. The topological polar surface area (TPSA) is 76.6 Å². The van der Waals surface area contributed by atoms with E-state index in [0.29, 0.717) is 26.3 Å². The fourth-order valence-corrected chi connectivity index (χ4v) is 2.92. The number of aromatic nitrogens is 3. The van der Waals surface area contributed by atoms with Crippen molar-refractivity contribution in [1.82, 2.24) is 19.7 Å². The summed E-state index contributed by atoms with van der Waals surface area (Å²) < 4.78 is 13.0. The molecule has 3 heterocycles. The van der Waals surface area contributed by atoms with Crippen molar-refractivity contribution in [2.24, 2.45) is 7.05 Å². The average Bonchev–Trinajstić information content (AvgIpc) is 2.99. The zero-order valence-corrected chi connectivity index (χ0v) is 12.6. The summed E-state index contributed by atoms with van der Waals surface area (Å²) in [5.41, 5.74) is 0. The highest BCUT2D eigenvalue weighted by Crippen LogP contribution is 2.27. The van der Waals surface area contributed by atoms with Crippen LogP contribution in [0.4, 0.5) is 0 Å². The molecule has 0 aliphatic carbocycles. The number of aryl methyl sites for hydroxylation is 1. The van der Waals surface area contributed by atoms with Gasteiger partial charge < -0.3 is 18.8 Å². The number of rotatable bonds is 4. The van der Waals surface area contributed by atoms with E-state index < -0.39 is 6.10 Å². The summed E-state index contributed by atoms with van der Waals surface area (Å²) in [5.74, 6) is 0.869. The molecule has 3 rings (SSSR count). The van der Waals surface area contributed by atoms with E-state index in [1.54, 1.807) is 6.33 Å². The molecule has 1 aliphatic rings. The molecule has 0 saturated carbocycles. The predicted molar refractivity (Wildman–Crippen MR) is 75.9 cm³/mol. The molecule has 1 unspecified atom stereocenters. The van der Waals surface area contributed by atoms with Crippen LogP contribution >= 0.6 is 11.8 Å². The van der Waals surface area contributed by atoms with Crippen molar-refractivity contribution in [3.63, 3.8) is 0 Å². The first kappa shape index (κ1) is 14.6. The van der Waals surface area contributed by atoms with Crippen molar-refractivity contribution in [3.8, 4) is 0 Å². The molecule has 2 aromatic heterocycles. The maximum atomic E-state index is 9.73. The normalized spacial score (nSPS) is 20.6. The third-order valence-corrected chi connectivity index (χ3v) is 4.18. The summed E-state index contributed by atoms with van der Waals surface area (Å²) in [7, 11) is 1.89. The van der Waals surface area contributed by atoms with Crippen molar-refractivity contribution in [2.75, 3.05) is 26.3 Å². The Morgan fingerprint density at radius 2 is 2.38 bits per heavy atom. The van der Waals surface area contributed by atoms with Gasteiger partial charge in [0.05, 0.1) is 25.9 Å². The van der Waals surface area contributed by atoms with Gasteiger partial charge in [0.1, 0.15) is 12.1 Å². The number of aliphatic hydroxyl groups is 1. The van der Waals surface area contributed by atoms with Gasteiger partial charge in [-0.05, 0) is 23.9 Å². The van der Waals surface area contributed by atoms with Crippen LogP contribution in [0, 0.1) is 0 Å². The fraction of sp³-hybridized carbons (Fsp3) is 0.538. The number of furan rings is 1. The third kappa shape index (κ3) is 3.85. The summed E-state index contributed by atoms with van der Waals surface area (Å²) in [6.07, 6.45) is 1.22. The molecular weight excluding hydrogens is 292 g/mol. The van der Waals surface area contributed by atoms with E-state index in [0.717, 1.165) is 22.6 Å². The lowest BCUT2D eigenvalue weighted by molar-refractivity contribution is 0.0559. The number of nitrogens with zero attached hydrogens (tertiary/aromatic N) is 4. The minimum Gasteiger partial charge on any atom is -0.453 e. The first-order valence-corrected chi connectivity index (χ1v) is 7.61. The smallest absolute Gasteiger partial charge is 0.198 e. The fourth-order valence-electron chi connectivity index (χ4n) is 2.17. The Kier molecular flexibility index (Phi) is 4.59. The highest BCUT2D eigenvalue weighted by atomic mass is 32.2. The monoisotopic (exact) mass is 310 g/mol. The summed E-state index contributed by atoms with van der Waals surface area (Å²) in [6.45, 7) is 3.11. The number of hydrogen-bond donors (Lipinski definition) is 1. The quantitative estimate of drug-likeness (QED) is 0.893. The Bertz CT molecular complexity index is 585.